The van der Waals surface area contributed by atoms with Crippen LogP contribution in [0, 0.1) is 0 Å². The fourth-order valence-electron chi connectivity index (χ4n) is 0.780. The van der Waals surface area contributed by atoms with Crippen LogP contribution in [-0.4, -0.2) is 23.3 Å². The van der Waals surface area contributed by atoms with Crippen molar-refractivity contribution in [3.05, 3.63) is 0 Å². The van der Waals surface area contributed by atoms with E-state index in [0.29, 0.717) is 0 Å². The molecule has 2 rings (SSSR count). The number of hydrogen-bond donors (Lipinski definition) is 2. The van der Waals surface area contributed by atoms with Gasteiger partial charge in [-0.3, -0.25) is 0 Å². The minimum atomic E-state index is -0.00231. The highest BCUT2D eigenvalue weighted by Crippen LogP contribution is 2.43. The van der Waals surface area contributed by atoms with Gasteiger partial charge in [0.2, 0.25) is 0 Å². The zero-order valence-electron chi connectivity index (χ0n) is 3.44. The molecule has 2 fully saturated rings. The first kappa shape index (κ1) is 2.99. The summed E-state index contributed by atoms with van der Waals surface area (Å²) in [4.78, 5) is 0. The van der Waals surface area contributed by atoms with Crippen molar-refractivity contribution in [3.8, 4) is 0 Å². The van der Waals surface area contributed by atoms with Crippen LogP contribution in [0.4, 0.5) is 0 Å². The molecule has 0 bridgehead atoms. The summed E-state index contributed by atoms with van der Waals surface area (Å²) < 4.78 is 0. The van der Waals surface area contributed by atoms with Crippen molar-refractivity contribution >= 4 is 0 Å². The third kappa shape index (κ3) is 0.172. The summed E-state index contributed by atoms with van der Waals surface area (Å²) in [6.45, 7) is 1.05. The predicted octanol–water partition coefficient (Wildman–Crippen LogP) is -0.907. The van der Waals surface area contributed by atoms with Gasteiger partial charge in [0.1, 0.15) is 0 Å². The van der Waals surface area contributed by atoms with E-state index in [1.807, 2.05) is 0 Å². The summed E-state index contributed by atoms with van der Waals surface area (Å²) in [5, 5.41) is 11.8. The predicted molar refractivity (Wildman–Crippen MR) is 21.4 cm³/mol. The van der Waals surface area contributed by atoms with Gasteiger partial charge in [-0.25, -0.2) is 0 Å². The van der Waals surface area contributed by atoms with Crippen molar-refractivity contribution in [2.45, 2.75) is 18.1 Å². The largest absolute Gasteiger partial charge is 0.391 e. The third-order valence-corrected chi connectivity index (χ3v) is 1.67. The van der Waals surface area contributed by atoms with Crippen molar-refractivity contribution < 1.29 is 5.11 Å². The van der Waals surface area contributed by atoms with Crippen LogP contribution < -0.4 is 5.32 Å². The fourth-order valence-corrected chi connectivity index (χ4v) is 0.780. The number of hydrogen-bond acceptors (Lipinski definition) is 2. The van der Waals surface area contributed by atoms with E-state index in [1.54, 1.807) is 0 Å². The Morgan fingerprint density at radius 1 is 1.83 bits per heavy atom. The van der Waals surface area contributed by atoms with Crippen molar-refractivity contribution in [1.82, 2.24) is 5.32 Å². The highest BCUT2D eigenvalue weighted by atomic mass is 16.3. The van der Waals surface area contributed by atoms with Gasteiger partial charge in [0.05, 0.1) is 11.6 Å². The Morgan fingerprint density at radius 3 is 2.33 bits per heavy atom. The van der Waals surface area contributed by atoms with E-state index < -0.39 is 0 Å². The Kier molecular flexibility index (Phi) is 0.265. The molecule has 2 N–H and O–H groups in total. The maximum atomic E-state index is 8.69. The molecule has 2 heteroatoms. The van der Waals surface area contributed by atoms with Crippen LogP contribution in [0.25, 0.3) is 0 Å². The first-order valence-corrected chi connectivity index (χ1v) is 2.27. The molecule has 1 saturated heterocycles. The first-order chi connectivity index (χ1) is 2.83. The highest BCUT2D eigenvalue weighted by molar-refractivity contribution is 5.23. The summed E-state index contributed by atoms with van der Waals surface area (Å²) in [6.07, 6.45) is 0.991. The monoisotopic (exact) mass is 85.1 g/mol. The van der Waals surface area contributed by atoms with E-state index >= 15 is 0 Å². The lowest BCUT2D eigenvalue weighted by Gasteiger charge is -1.71. The Morgan fingerprint density at radius 2 is 2.33 bits per heavy atom. The minimum Gasteiger partial charge on any atom is -0.391 e. The SMILES string of the molecule is OC1CC12CN2. The molecular weight excluding hydrogens is 78.0 g/mol. The zero-order chi connectivity index (χ0) is 4.20. The van der Waals surface area contributed by atoms with E-state index in [1.165, 1.54) is 0 Å². The summed E-state index contributed by atoms with van der Waals surface area (Å²) in [5.41, 5.74) is 0.264. The van der Waals surface area contributed by atoms with Gasteiger partial charge < -0.3 is 10.4 Å². The molecular formula is C4H7NO. The van der Waals surface area contributed by atoms with E-state index in [2.05, 4.69) is 5.32 Å². The molecule has 0 radical (unpaired) electrons. The van der Waals surface area contributed by atoms with E-state index in [-0.39, 0.29) is 11.6 Å². The normalized spacial score (nSPS) is 62.5. The summed E-state index contributed by atoms with van der Waals surface area (Å²) in [6, 6.07) is 0. The molecule has 1 spiro atoms. The molecule has 2 atom stereocenters. The lowest BCUT2D eigenvalue weighted by Crippen LogP contribution is -1.94. The Bertz CT molecular complexity index is 87.5. The lowest BCUT2D eigenvalue weighted by atomic mass is 10.5. The molecule has 0 amide bonds. The molecule has 1 aliphatic heterocycles. The Hall–Kier alpha value is -0.0800. The molecule has 2 nitrogen and oxygen atoms in total. The number of aliphatic hydroxyl groups is 1. The molecule has 34 valence electrons. The van der Waals surface area contributed by atoms with Gasteiger partial charge in [0, 0.05) is 6.54 Å². The summed E-state index contributed by atoms with van der Waals surface area (Å²) >= 11 is 0. The van der Waals surface area contributed by atoms with E-state index in [9.17, 15) is 0 Å². The van der Waals surface area contributed by atoms with Gasteiger partial charge in [-0.1, -0.05) is 0 Å². The van der Waals surface area contributed by atoms with E-state index in [4.69, 9.17) is 5.11 Å². The molecule has 6 heavy (non-hydrogen) atoms. The Balaban J connectivity index is 2.17. The summed E-state index contributed by atoms with van der Waals surface area (Å²) in [5.74, 6) is 0. The van der Waals surface area contributed by atoms with Gasteiger partial charge >= 0.3 is 0 Å². The van der Waals surface area contributed by atoms with Crippen LogP contribution in [-0.2, 0) is 0 Å². The van der Waals surface area contributed by atoms with Gasteiger partial charge in [-0.2, -0.15) is 0 Å². The van der Waals surface area contributed by atoms with Gasteiger partial charge in [0.15, 0.2) is 0 Å². The van der Waals surface area contributed by atoms with Crippen molar-refractivity contribution in [3.63, 3.8) is 0 Å². The minimum absolute atomic E-state index is 0.00231. The van der Waals surface area contributed by atoms with E-state index in [0.717, 1.165) is 13.0 Å². The molecule has 0 aromatic carbocycles. The van der Waals surface area contributed by atoms with Crippen LogP contribution in [0.3, 0.4) is 0 Å². The Labute approximate surface area is 36.2 Å². The van der Waals surface area contributed by atoms with Crippen LogP contribution in [0.15, 0.2) is 0 Å². The average Bonchev–Trinajstić information content (AvgIpc) is 2.25. The standard InChI is InChI=1S/C4H7NO/c6-3-1-4(3)2-5-4/h3,5-6H,1-2H2. The van der Waals surface area contributed by atoms with Gasteiger partial charge in [-0.05, 0) is 6.42 Å². The maximum absolute atomic E-state index is 8.69. The maximum Gasteiger partial charge on any atom is 0.0754 e. The third-order valence-electron chi connectivity index (χ3n) is 1.67. The average molecular weight is 85.1 g/mol. The summed E-state index contributed by atoms with van der Waals surface area (Å²) in [7, 11) is 0. The molecule has 2 unspecified atom stereocenters. The zero-order valence-corrected chi connectivity index (χ0v) is 3.44. The van der Waals surface area contributed by atoms with Crippen LogP contribution >= 0.6 is 0 Å². The second-order valence-corrected chi connectivity index (χ2v) is 2.23. The molecule has 0 aromatic heterocycles. The quantitative estimate of drug-likeness (QED) is 0.374. The number of aliphatic hydroxyl groups excluding tert-OH is 1. The topological polar surface area (TPSA) is 42.2 Å². The number of nitrogens with one attached hydrogen (secondary N) is 1. The second kappa shape index (κ2) is 0.532. The van der Waals surface area contributed by atoms with Crippen LogP contribution in [0.1, 0.15) is 6.42 Å². The molecule has 0 aromatic rings. The van der Waals surface area contributed by atoms with Crippen molar-refractivity contribution in [2.24, 2.45) is 0 Å². The van der Waals surface area contributed by atoms with Crippen LogP contribution in [0.5, 0.6) is 0 Å². The molecule has 1 heterocycles. The highest BCUT2D eigenvalue weighted by Gasteiger charge is 2.62. The van der Waals surface area contributed by atoms with Crippen LogP contribution in [0.2, 0.25) is 0 Å². The lowest BCUT2D eigenvalue weighted by molar-refractivity contribution is 0.267. The molecule has 1 aliphatic carbocycles. The second-order valence-electron chi connectivity index (χ2n) is 2.23. The van der Waals surface area contributed by atoms with Crippen molar-refractivity contribution in [1.29, 1.82) is 0 Å². The molecule has 2 aliphatic rings. The first-order valence-electron chi connectivity index (χ1n) is 2.27. The number of rotatable bonds is 0. The fraction of sp³-hybridized carbons (Fsp3) is 1.00. The van der Waals surface area contributed by atoms with Crippen molar-refractivity contribution in [2.75, 3.05) is 6.54 Å². The molecule has 1 saturated carbocycles. The van der Waals surface area contributed by atoms with Gasteiger partial charge in [-0.15, -0.1) is 0 Å². The smallest absolute Gasteiger partial charge is 0.0754 e. The van der Waals surface area contributed by atoms with Gasteiger partial charge in [0.25, 0.3) is 0 Å².